The van der Waals surface area contributed by atoms with Crippen molar-refractivity contribution in [1.29, 1.82) is 0 Å². The number of sulfonamides is 1. The van der Waals surface area contributed by atoms with E-state index in [4.69, 9.17) is 11.6 Å². The fourth-order valence-electron chi connectivity index (χ4n) is 1.73. The van der Waals surface area contributed by atoms with E-state index in [1.165, 1.54) is 12.5 Å². The van der Waals surface area contributed by atoms with Crippen LogP contribution in [0.15, 0.2) is 41.8 Å². The van der Waals surface area contributed by atoms with Gasteiger partial charge in [-0.1, -0.05) is 24.3 Å². The Labute approximate surface area is 123 Å². The number of hydrogen-bond donors (Lipinski definition) is 1. The lowest BCUT2D eigenvalue weighted by Crippen LogP contribution is -2.23. The Morgan fingerprint density at radius 3 is 2.75 bits per heavy atom. The van der Waals surface area contributed by atoms with Gasteiger partial charge in [0.25, 0.3) is 10.0 Å². The number of rotatable bonds is 6. The van der Waals surface area contributed by atoms with Crippen molar-refractivity contribution in [3.8, 4) is 0 Å². The molecule has 1 aromatic heterocycles. The first-order valence-corrected chi connectivity index (χ1v) is 8.22. The van der Waals surface area contributed by atoms with Crippen LogP contribution in [-0.2, 0) is 29.0 Å². The number of nitrogens with one attached hydrogen (secondary N) is 1. The maximum Gasteiger partial charge on any atom is 0.259 e. The predicted octanol–water partition coefficient (Wildman–Crippen LogP) is 2.12. The molecule has 0 fully saturated rings. The Kier molecular flexibility index (Phi) is 4.80. The molecule has 1 aromatic carbocycles. The van der Waals surface area contributed by atoms with Crippen molar-refractivity contribution < 1.29 is 8.42 Å². The summed E-state index contributed by atoms with van der Waals surface area (Å²) in [5, 5.41) is 0.0350. The normalized spacial score (nSPS) is 11.7. The second-order valence-electron chi connectivity index (χ2n) is 4.32. The lowest BCUT2D eigenvalue weighted by Gasteiger charge is -2.05. The second kappa shape index (κ2) is 6.39. The van der Waals surface area contributed by atoms with Gasteiger partial charge in [0.15, 0.2) is 5.03 Å². The average Bonchev–Trinajstić information content (AvgIpc) is 2.95. The van der Waals surface area contributed by atoms with Crippen molar-refractivity contribution in [2.45, 2.75) is 30.9 Å². The summed E-state index contributed by atoms with van der Waals surface area (Å²) in [5.74, 6) is 0.404. The smallest absolute Gasteiger partial charge is 0.259 e. The standard InChI is InChI=1S/C13H16ClN3O2S/c1-2-17-9-13(15-10-17)20(18,19)16-8-12-5-3-4-11(6-12)7-14/h3-6,9-10,16H,2,7-8H2,1H3. The highest BCUT2D eigenvalue weighted by molar-refractivity contribution is 7.89. The van der Waals surface area contributed by atoms with Crippen LogP contribution in [0.25, 0.3) is 0 Å². The van der Waals surface area contributed by atoms with Gasteiger partial charge < -0.3 is 4.57 Å². The van der Waals surface area contributed by atoms with E-state index in [2.05, 4.69) is 9.71 Å². The van der Waals surface area contributed by atoms with Crippen molar-refractivity contribution in [2.75, 3.05) is 0 Å². The van der Waals surface area contributed by atoms with Crippen molar-refractivity contribution >= 4 is 21.6 Å². The Balaban J connectivity index is 2.08. The topological polar surface area (TPSA) is 64.0 Å². The highest BCUT2D eigenvalue weighted by Gasteiger charge is 2.16. The first kappa shape index (κ1) is 15.0. The molecule has 2 aromatic rings. The third kappa shape index (κ3) is 3.59. The van der Waals surface area contributed by atoms with Crippen LogP contribution in [0, 0.1) is 0 Å². The van der Waals surface area contributed by atoms with E-state index in [9.17, 15) is 8.42 Å². The summed E-state index contributed by atoms with van der Waals surface area (Å²) in [7, 11) is -3.58. The van der Waals surface area contributed by atoms with Gasteiger partial charge in [-0.3, -0.25) is 0 Å². The van der Waals surface area contributed by atoms with Crippen molar-refractivity contribution in [3.05, 3.63) is 47.9 Å². The molecule has 5 nitrogen and oxygen atoms in total. The van der Waals surface area contributed by atoms with Gasteiger partial charge in [-0.2, -0.15) is 0 Å². The minimum atomic E-state index is -3.58. The second-order valence-corrected chi connectivity index (χ2v) is 6.30. The maximum absolute atomic E-state index is 12.1. The fraction of sp³-hybridized carbons (Fsp3) is 0.308. The van der Waals surface area contributed by atoms with E-state index in [0.717, 1.165) is 11.1 Å². The van der Waals surface area contributed by atoms with Gasteiger partial charge >= 0.3 is 0 Å². The highest BCUT2D eigenvalue weighted by atomic mass is 35.5. The molecule has 0 spiro atoms. The van der Waals surface area contributed by atoms with Gasteiger partial charge in [-0.05, 0) is 18.1 Å². The molecule has 0 saturated heterocycles. The summed E-state index contributed by atoms with van der Waals surface area (Å²) < 4.78 is 28.4. The van der Waals surface area contributed by atoms with Gasteiger partial charge in [0.2, 0.25) is 0 Å². The minimum absolute atomic E-state index is 0.0350. The number of imidazole rings is 1. The molecule has 0 bridgehead atoms. The molecule has 0 unspecified atom stereocenters. The van der Waals surface area contributed by atoms with E-state index >= 15 is 0 Å². The summed E-state index contributed by atoms with van der Waals surface area (Å²) in [6, 6.07) is 7.48. The third-order valence-corrected chi connectivity index (χ3v) is 4.46. The quantitative estimate of drug-likeness (QED) is 0.831. The van der Waals surface area contributed by atoms with Gasteiger partial charge in [-0.15, -0.1) is 11.6 Å². The van der Waals surface area contributed by atoms with Crippen LogP contribution in [0.1, 0.15) is 18.1 Å². The highest BCUT2D eigenvalue weighted by Crippen LogP contribution is 2.10. The van der Waals surface area contributed by atoms with E-state index in [0.29, 0.717) is 12.4 Å². The molecule has 7 heteroatoms. The summed E-state index contributed by atoms with van der Waals surface area (Å²) in [6.45, 7) is 2.81. The summed E-state index contributed by atoms with van der Waals surface area (Å²) in [4.78, 5) is 3.90. The van der Waals surface area contributed by atoms with E-state index in [-0.39, 0.29) is 11.6 Å². The van der Waals surface area contributed by atoms with Gasteiger partial charge in [0.05, 0.1) is 6.33 Å². The molecule has 1 heterocycles. The Hall–Kier alpha value is -1.37. The van der Waals surface area contributed by atoms with Gasteiger partial charge in [-0.25, -0.2) is 18.1 Å². The first-order chi connectivity index (χ1) is 9.55. The lowest BCUT2D eigenvalue weighted by atomic mass is 10.1. The van der Waals surface area contributed by atoms with Crippen LogP contribution in [0.4, 0.5) is 0 Å². The molecule has 20 heavy (non-hydrogen) atoms. The SMILES string of the molecule is CCn1cnc(S(=O)(=O)NCc2cccc(CCl)c2)c1. The molecule has 0 aliphatic carbocycles. The van der Waals surface area contributed by atoms with Crippen LogP contribution in [0.2, 0.25) is 0 Å². The molecular weight excluding hydrogens is 298 g/mol. The molecular formula is C13H16ClN3O2S. The first-order valence-electron chi connectivity index (χ1n) is 6.20. The molecule has 0 aliphatic rings. The summed E-state index contributed by atoms with van der Waals surface area (Å²) in [5.41, 5.74) is 1.82. The number of alkyl halides is 1. The van der Waals surface area contributed by atoms with Crippen molar-refractivity contribution in [2.24, 2.45) is 0 Å². The number of aryl methyl sites for hydroxylation is 1. The molecule has 0 amide bonds. The number of hydrogen-bond acceptors (Lipinski definition) is 3. The van der Waals surface area contributed by atoms with Crippen LogP contribution < -0.4 is 4.72 Å². The largest absolute Gasteiger partial charge is 0.336 e. The Bertz CT molecular complexity index is 682. The minimum Gasteiger partial charge on any atom is -0.336 e. The zero-order chi connectivity index (χ0) is 14.6. The molecule has 0 atom stereocenters. The number of aromatic nitrogens is 2. The molecule has 0 saturated carbocycles. The Morgan fingerprint density at radius 2 is 2.10 bits per heavy atom. The van der Waals surface area contributed by atoms with Gasteiger partial charge in [0, 0.05) is 25.2 Å². The monoisotopic (exact) mass is 313 g/mol. The summed E-state index contributed by atoms with van der Waals surface area (Å²) >= 11 is 5.75. The van der Waals surface area contributed by atoms with E-state index < -0.39 is 10.0 Å². The van der Waals surface area contributed by atoms with Gasteiger partial charge in [0.1, 0.15) is 0 Å². The fourth-order valence-corrected chi connectivity index (χ4v) is 2.86. The molecule has 2 rings (SSSR count). The van der Waals surface area contributed by atoms with Crippen molar-refractivity contribution in [1.82, 2.24) is 14.3 Å². The molecule has 0 aliphatic heterocycles. The van der Waals surface area contributed by atoms with E-state index in [1.54, 1.807) is 4.57 Å². The zero-order valence-corrected chi connectivity index (χ0v) is 12.7. The average molecular weight is 314 g/mol. The Morgan fingerprint density at radius 1 is 1.35 bits per heavy atom. The molecule has 108 valence electrons. The van der Waals surface area contributed by atoms with E-state index in [1.807, 2.05) is 31.2 Å². The van der Waals surface area contributed by atoms with Crippen LogP contribution in [0.5, 0.6) is 0 Å². The van der Waals surface area contributed by atoms with Crippen molar-refractivity contribution in [3.63, 3.8) is 0 Å². The van der Waals surface area contributed by atoms with Crippen LogP contribution in [0.3, 0.4) is 0 Å². The maximum atomic E-state index is 12.1. The predicted molar refractivity (Wildman–Crippen MR) is 77.9 cm³/mol. The number of benzene rings is 1. The molecule has 0 radical (unpaired) electrons. The summed E-state index contributed by atoms with van der Waals surface area (Å²) in [6.07, 6.45) is 3.01. The van der Waals surface area contributed by atoms with Crippen LogP contribution in [-0.4, -0.2) is 18.0 Å². The lowest BCUT2D eigenvalue weighted by molar-refractivity contribution is 0.578. The number of halogens is 1. The molecule has 1 N–H and O–H groups in total. The third-order valence-electron chi connectivity index (χ3n) is 2.86. The zero-order valence-electron chi connectivity index (χ0n) is 11.1. The number of nitrogens with zero attached hydrogens (tertiary/aromatic N) is 2. The van der Waals surface area contributed by atoms with Crippen LogP contribution >= 0.6 is 11.6 Å².